The maximum Gasteiger partial charge on any atom is 0.170 e. The first kappa shape index (κ1) is 26.1. The van der Waals surface area contributed by atoms with Gasteiger partial charge in [-0.2, -0.15) is 0 Å². The molecule has 0 saturated heterocycles. The van der Waals surface area contributed by atoms with Gasteiger partial charge in [-0.05, 0) is 128 Å². The largest absolute Gasteiger partial charge is 0.487 e. The number of rotatable bonds is 6. The standard InChI is InChI=1S/C32H42O5/c1-8-34-30(2,3)14-11-20-17-22(18-21-12-15-32(6,7)37-28(20)21)27-19-25(33)23-9-10-26-24(29(23)35-27)13-16-31(4,5)36-26/h9-10,17-18,27H,8,11-16,19H2,1-7H3/t27-/m0/s1. The third-order valence-corrected chi connectivity index (χ3v) is 8.06. The van der Waals surface area contributed by atoms with Crippen LogP contribution in [-0.4, -0.2) is 29.2 Å². The second-order valence-electron chi connectivity index (χ2n) is 12.7. The van der Waals surface area contributed by atoms with E-state index in [1.54, 1.807) is 0 Å². The Morgan fingerprint density at radius 2 is 1.73 bits per heavy atom. The molecule has 0 radical (unpaired) electrons. The Labute approximate surface area is 221 Å². The van der Waals surface area contributed by atoms with Crippen LogP contribution < -0.4 is 14.2 Å². The Balaban J connectivity index is 1.50. The molecule has 0 aliphatic carbocycles. The van der Waals surface area contributed by atoms with Crippen molar-refractivity contribution in [2.75, 3.05) is 6.61 Å². The van der Waals surface area contributed by atoms with Gasteiger partial charge in [0.2, 0.25) is 0 Å². The third kappa shape index (κ3) is 5.38. The molecule has 0 saturated carbocycles. The van der Waals surface area contributed by atoms with E-state index in [1.807, 2.05) is 19.1 Å². The number of ether oxygens (including phenoxy) is 4. The van der Waals surface area contributed by atoms with E-state index >= 15 is 0 Å². The van der Waals surface area contributed by atoms with Gasteiger partial charge in [-0.15, -0.1) is 0 Å². The quantitative estimate of drug-likeness (QED) is 0.410. The Kier molecular flexibility index (Phi) is 6.59. The van der Waals surface area contributed by atoms with Crippen LogP contribution in [0.15, 0.2) is 24.3 Å². The van der Waals surface area contributed by atoms with Crippen molar-refractivity contribution < 1.29 is 23.7 Å². The summed E-state index contributed by atoms with van der Waals surface area (Å²) in [5.74, 6) is 2.68. The van der Waals surface area contributed by atoms with Crippen molar-refractivity contribution in [3.8, 4) is 17.2 Å². The van der Waals surface area contributed by atoms with Crippen molar-refractivity contribution >= 4 is 5.78 Å². The zero-order valence-corrected chi connectivity index (χ0v) is 23.6. The highest BCUT2D eigenvalue weighted by Crippen LogP contribution is 2.46. The average molecular weight is 507 g/mol. The molecular formula is C32H42O5. The molecule has 5 rings (SSSR count). The molecule has 3 heterocycles. The fourth-order valence-corrected chi connectivity index (χ4v) is 5.85. The molecule has 0 N–H and O–H groups in total. The molecule has 5 heteroatoms. The van der Waals surface area contributed by atoms with E-state index in [1.165, 1.54) is 11.1 Å². The van der Waals surface area contributed by atoms with Gasteiger partial charge < -0.3 is 18.9 Å². The molecule has 5 nitrogen and oxygen atoms in total. The van der Waals surface area contributed by atoms with Gasteiger partial charge in [0.1, 0.15) is 34.6 Å². The highest BCUT2D eigenvalue weighted by molar-refractivity contribution is 6.00. The molecule has 0 amide bonds. The van der Waals surface area contributed by atoms with Gasteiger partial charge in [-0.3, -0.25) is 4.79 Å². The smallest absolute Gasteiger partial charge is 0.170 e. The third-order valence-electron chi connectivity index (χ3n) is 8.06. The molecule has 200 valence electrons. The van der Waals surface area contributed by atoms with E-state index in [-0.39, 0.29) is 28.7 Å². The average Bonchev–Trinajstić information content (AvgIpc) is 2.81. The monoisotopic (exact) mass is 506 g/mol. The summed E-state index contributed by atoms with van der Waals surface area (Å²) in [4.78, 5) is 13.3. The van der Waals surface area contributed by atoms with E-state index in [2.05, 4.69) is 53.7 Å². The molecule has 1 atom stereocenters. The Morgan fingerprint density at radius 1 is 1.00 bits per heavy atom. The molecule has 0 aromatic heterocycles. The minimum Gasteiger partial charge on any atom is -0.487 e. The Bertz CT molecular complexity index is 1210. The van der Waals surface area contributed by atoms with Crippen molar-refractivity contribution in [2.45, 2.75) is 116 Å². The molecule has 2 aromatic rings. The summed E-state index contributed by atoms with van der Waals surface area (Å²) in [7, 11) is 0. The fraction of sp³-hybridized carbons (Fsp3) is 0.594. The fourth-order valence-electron chi connectivity index (χ4n) is 5.85. The molecule has 3 aliphatic rings. The highest BCUT2D eigenvalue weighted by atomic mass is 16.5. The summed E-state index contributed by atoms with van der Waals surface area (Å²) >= 11 is 0. The number of ketones is 1. The lowest BCUT2D eigenvalue weighted by Gasteiger charge is -2.37. The number of carbonyl (C=O) groups is 1. The van der Waals surface area contributed by atoms with E-state index < -0.39 is 0 Å². The van der Waals surface area contributed by atoms with Gasteiger partial charge in [0, 0.05) is 12.2 Å². The number of hydrogen-bond acceptors (Lipinski definition) is 5. The molecule has 2 aromatic carbocycles. The number of fused-ring (bicyclic) bond motifs is 4. The van der Waals surface area contributed by atoms with Gasteiger partial charge >= 0.3 is 0 Å². The first-order valence-corrected chi connectivity index (χ1v) is 13.9. The lowest BCUT2D eigenvalue weighted by Crippen LogP contribution is -2.34. The van der Waals surface area contributed by atoms with Crippen molar-refractivity contribution in [1.82, 2.24) is 0 Å². The topological polar surface area (TPSA) is 54.0 Å². The van der Waals surface area contributed by atoms with Crippen LogP contribution in [0.25, 0.3) is 0 Å². The number of benzene rings is 2. The molecule has 0 bridgehead atoms. The first-order chi connectivity index (χ1) is 17.4. The van der Waals surface area contributed by atoms with E-state index in [9.17, 15) is 4.79 Å². The van der Waals surface area contributed by atoms with E-state index in [4.69, 9.17) is 18.9 Å². The van der Waals surface area contributed by atoms with Crippen LogP contribution >= 0.6 is 0 Å². The summed E-state index contributed by atoms with van der Waals surface area (Å²) in [5.41, 5.74) is 4.53. The predicted octanol–water partition coefficient (Wildman–Crippen LogP) is 7.35. The van der Waals surface area contributed by atoms with Crippen molar-refractivity contribution in [2.24, 2.45) is 0 Å². The summed E-state index contributed by atoms with van der Waals surface area (Å²) in [5, 5.41) is 0. The second kappa shape index (κ2) is 9.34. The number of hydrogen-bond donors (Lipinski definition) is 0. The molecular weight excluding hydrogens is 464 g/mol. The summed E-state index contributed by atoms with van der Waals surface area (Å²) in [6.07, 6.45) is 5.40. The molecule has 0 unspecified atom stereocenters. The predicted molar refractivity (Wildman–Crippen MR) is 145 cm³/mol. The van der Waals surface area contributed by atoms with Crippen LogP contribution in [0.2, 0.25) is 0 Å². The van der Waals surface area contributed by atoms with Gasteiger partial charge in [-0.25, -0.2) is 0 Å². The molecule has 37 heavy (non-hydrogen) atoms. The summed E-state index contributed by atoms with van der Waals surface area (Å²) in [6.45, 7) is 15.5. The van der Waals surface area contributed by atoms with Crippen LogP contribution in [0.3, 0.4) is 0 Å². The van der Waals surface area contributed by atoms with Crippen LogP contribution in [0.1, 0.15) is 113 Å². The lowest BCUT2D eigenvalue weighted by molar-refractivity contribution is -0.0160. The van der Waals surface area contributed by atoms with E-state index in [0.29, 0.717) is 24.3 Å². The zero-order valence-electron chi connectivity index (χ0n) is 23.6. The zero-order chi connectivity index (χ0) is 26.6. The van der Waals surface area contributed by atoms with Gasteiger partial charge in [0.05, 0.1) is 17.6 Å². The Morgan fingerprint density at radius 3 is 2.49 bits per heavy atom. The summed E-state index contributed by atoms with van der Waals surface area (Å²) in [6, 6.07) is 8.23. The lowest BCUT2D eigenvalue weighted by atomic mass is 9.86. The van der Waals surface area contributed by atoms with E-state index in [0.717, 1.165) is 61.2 Å². The highest BCUT2D eigenvalue weighted by Gasteiger charge is 2.36. The minimum absolute atomic E-state index is 0.132. The molecule has 0 spiro atoms. The van der Waals surface area contributed by atoms with Crippen LogP contribution in [0.4, 0.5) is 0 Å². The minimum atomic E-state index is -0.319. The Hall–Kier alpha value is -2.53. The maximum atomic E-state index is 13.3. The SMILES string of the molecule is CCOC(C)(C)CCc1cc([C@@H]2CC(=O)c3ccc4c(c3O2)CCC(C)(C)O4)cc2c1OC(C)(C)CC2. The van der Waals surface area contributed by atoms with Gasteiger partial charge in [0.15, 0.2) is 5.78 Å². The van der Waals surface area contributed by atoms with Crippen molar-refractivity contribution in [1.29, 1.82) is 0 Å². The van der Waals surface area contributed by atoms with Crippen molar-refractivity contribution in [3.63, 3.8) is 0 Å². The van der Waals surface area contributed by atoms with Crippen LogP contribution in [0.5, 0.6) is 17.2 Å². The number of Topliss-reactive ketones (excluding diaryl/α,β-unsaturated/α-hetero) is 1. The maximum absolute atomic E-state index is 13.3. The number of aryl methyl sites for hydroxylation is 2. The van der Waals surface area contributed by atoms with Crippen molar-refractivity contribution in [3.05, 3.63) is 52.1 Å². The molecule has 3 aliphatic heterocycles. The van der Waals surface area contributed by atoms with Gasteiger partial charge in [0.25, 0.3) is 0 Å². The van der Waals surface area contributed by atoms with Gasteiger partial charge in [-0.1, -0.05) is 0 Å². The normalized spacial score (nSPS) is 21.6. The second-order valence-corrected chi connectivity index (χ2v) is 12.7. The first-order valence-electron chi connectivity index (χ1n) is 13.9. The molecule has 0 fully saturated rings. The number of carbonyl (C=O) groups excluding carboxylic acids is 1. The van der Waals surface area contributed by atoms with Crippen LogP contribution in [-0.2, 0) is 24.0 Å². The van der Waals surface area contributed by atoms with Crippen LogP contribution in [0, 0.1) is 0 Å². The summed E-state index contributed by atoms with van der Waals surface area (Å²) < 4.78 is 25.4.